The van der Waals surface area contributed by atoms with Gasteiger partial charge in [0.1, 0.15) is 0 Å². The largest absolute Gasteiger partial charge is 0.411 e. The molecule has 2 nitrogen and oxygen atoms in total. The Hall–Kier alpha value is -0.730. The van der Waals surface area contributed by atoms with Gasteiger partial charge in [0.15, 0.2) is 5.22 Å². The zero-order valence-electron chi connectivity index (χ0n) is 6.56. The van der Waals surface area contributed by atoms with Crippen molar-refractivity contribution in [2.75, 3.05) is 0 Å². The van der Waals surface area contributed by atoms with Crippen LogP contribution in [0.25, 0.3) is 0 Å². The second kappa shape index (κ2) is 5.01. The fourth-order valence-electron chi connectivity index (χ4n) is 0.328. The average molecular weight is 207 g/mol. The normalized spacial score (nSPS) is 10.8. The third-order valence-electron chi connectivity index (χ3n) is 0.809. The summed E-state index contributed by atoms with van der Waals surface area (Å²) in [5.41, 5.74) is 0.265. The molecule has 66 valence electrons. The third kappa shape index (κ3) is 4.99. The Kier molecular flexibility index (Phi) is 4.71. The second-order valence-electron chi connectivity index (χ2n) is 2.07. The number of rotatable bonds is 3. The Morgan fingerprint density at radius 1 is 1.42 bits per heavy atom. The van der Waals surface area contributed by atoms with E-state index in [0.717, 1.165) is 0 Å². The zero-order chi connectivity index (χ0) is 9.72. The van der Waals surface area contributed by atoms with E-state index in [1.165, 1.54) is 13.0 Å². The molecule has 0 aromatic rings. The predicted molar refractivity (Wildman–Crippen MR) is 49.8 cm³/mol. The first-order chi connectivity index (χ1) is 5.43. The summed E-state index contributed by atoms with van der Waals surface area (Å²) in [4.78, 5) is 10.8. The summed E-state index contributed by atoms with van der Waals surface area (Å²) in [5.74, 6) is -0.589. The summed E-state index contributed by atoms with van der Waals surface area (Å²) in [5, 5.41) is 0.0671. The highest BCUT2D eigenvalue weighted by molar-refractivity contribution is 6.34. The highest BCUT2D eigenvalue weighted by Gasteiger charge is 2.05. The lowest BCUT2D eigenvalue weighted by atomic mass is 10.4. The first-order valence-electron chi connectivity index (χ1n) is 3.02. The van der Waals surface area contributed by atoms with Crippen molar-refractivity contribution in [3.63, 3.8) is 0 Å². The van der Waals surface area contributed by atoms with Gasteiger partial charge in [0.05, 0.1) is 0 Å². The molecule has 12 heavy (non-hydrogen) atoms. The summed E-state index contributed by atoms with van der Waals surface area (Å²) >= 11 is 10.8. The number of carbonyl (C=O) groups is 1. The molecule has 0 aliphatic carbocycles. The van der Waals surface area contributed by atoms with Crippen LogP contribution in [0.5, 0.6) is 0 Å². The minimum absolute atomic E-state index is 0.122. The lowest BCUT2D eigenvalue weighted by Gasteiger charge is -2.00. The summed E-state index contributed by atoms with van der Waals surface area (Å²) in [6.07, 6.45) is 1.23. The van der Waals surface area contributed by atoms with Crippen LogP contribution in [0, 0.1) is 0 Å². The van der Waals surface area contributed by atoms with Gasteiger partial charge in [0, 0.05) is 16.7 Å². The van der Waals surface area contributed by atoms with Gasteiger partial charge in [-0.3, -0.25) is 0 Å². The van der Waals surface area contributed by atoms with E-state index in [-0.39, 0.29) is 15.8 Å². The number of carbonyl (C=O) groups excluding carboxylic acids is 1. The Labute approximate surface area is 81.1 Å². The number of ether oxygens (including phenoxy) is 1. The van der Waals surface area contributed by atoms with Crippen LogP contribution in [0.3, 0.4) is 0 Å². The molecule has 0 spiro atoms. The van der Waals surface area contributed by atoms with E-state index in [1.54, 1.807) is 0 Å². The van der Waals surface area contributed by atoms with Crippen molar-refractivity contribution in [1.82, 2.24) is 0 Å². The molecular weight excluding hydrogens is 199 g/mol. The first kappa shape index (κ1) is 11.3. The van der Waals surface area contributed by atoms with Gasteiger partial charge in [0.25, 0.3) is 0 Å². The lowest BCUT2D eigenvalue weighted by molar-refractivity contribution is -0.134. The van der Waals surface area contributed by atoms with E-state index in [9.17, 15) is 4.79 Å². The molecule has 0 rings (SSSR count). The molecule has 0 amide bonds. The number of halogens is 2. The molecule has 0 unspecified atom stereocenters. The molecule has 0 N–H and O–H groups in total. The zero-order valence-corrected chi connectivity index (χ0v) is 8.08. The molecule has 0 bridgehead atoms. The van der Waals surface area contributed by atoms with Crippen LogP contribution >= 0.6 is 23.2 Å². The van der Waals surface area contributed by atoms with Gasteiger partial charge >= 0.3 is 5.97 Å². The van der Waals surface area contributed by atoms with Crippen LogP contribution < -0.4 is 0 Å². The average Bonchev–Trinajstić information content (AvgIpc) is 1.84. The fourth-order valence-corrected chi connectivity index (χ4v) is 0.685. The Bertz CT molecular complexity index is 254. The van der Waals surface area contributed by atoms with Gasteiger partial charge in [-0.2, -0.15) is 0 Å². The minimum Gasteiger partial charge on any atom is -0.411 e. The van der Waals surface area contributed by atoms with Crippen LogP contribution in [-0.2, 0) is 9.53 Å². The van der Waals surface area contributed by atoms with E-state index in [2.05, 4.69) is 17.9 Å². The van der Waals surface area contributed by atoms with E-state index < -0.39 is 5.97 Å². The second-order valence-corrected chi connectivity index (χ2v) is 2.92. The van der Waals surface area contributed by atoms with Crippen molar-refractivity contribution in [1.29, 1.82) is 0 Å². The Morgan fingerprint density at radius 2 is 1.92 bits per heavy atom. The predicted octanol–water partition coefficient (Wildman–Crippen LogP) is 2.94. The molecule has 0 aromatic heterocycles. The van der Waals surface area contributed by atoms with Crippen LogP contribution in [0.1, 0.15) is 6.92 Å². The highest BCUT2D eigenvalue weighted by Crippen LogP contribution is 2.11. The van der Waals surface area contributed by atoms with Crippen molar-refractivity contribution in [3.05, 3.63) is 35.1 Å². The van der Waals surface area contributed by atoms with Gasteiger partial charge in [-0.1, -0.05) is 24.8 Å². The first-order valence-corrected chi connectivity index (χ1v) is 3.78. The quantitative estimate of drug-likeness (QED) is 0.308. The van der Waals surface area contributed by atoms with Crippen LogP contribution in [0.4, 0.5) is 0 Å². The summed E-state index contributed by atoms with van der Waals surface area (Å²) < 4.78 is 4.57. The Balaban J connectivity index is 4.19. The molecule has 0 aromatic carbocycles. The fraction of sp³-hybridized carbons (Fsp3) is 0.125. The summed E-state index contributed by atoms with van der Waals surface area (Å²) in [7, 11) is 0. The molecule has 0 aliphatic rings. The van der Waals surface area contributed by atoms with Crippen molar-refractivity contribution in [2.45, 2.75) is 6.92 Å². The molecule has 0 saturated heterocycles. The monoisotopic (exact) mass is 206 g/mol. The van der Waals surface area contributed by atoms with E-state index in [4.69, 9.17) is 23.2 Å². The SMILES string of the molecule is C=C(Cl)C=C(Cl)OC(=O)C(=C)C. The van der Waals surface area contributed by atoms with Crippen LogP contribution in [0.15, 0.2) is 35.1 Å². The maximum Gasteiger partial charge on any atom is 0.339 e. The lowest BCUT2D eigenvalue weighted by Crippen LogP contribution is -2.01. The van der Waals surface area contributed by atoms with Gasteiger partial charge in [-0.15, -0.1) is 0 Å². The smallest absolute Gasteiger partial charge is 0.339 e. The molecule has 0 saturated carbocycles. The molecule has 0 aliphatic heterocycles. The number of esters is 1. The van der Waals surface area contributed by atoms with Gasteiger partial charge in [-0.05, 0) is 18.5 Å². The standard InChI is InChI=1S/C8H8Cl2O2/c1-5(2)8(11)12-7(10)4-6(3)9/h4H,1,3H2,2H3. The maximum absolute atomic E-state index is 10.8. The van der Waals surface area contributed by atoms with Crippen LogP contribution in [-0.4, -0.2) is 5.97 Å². The minimum atomic E-state index is -0.589. The Morgan fingerprint density at radius 3 is 2.25 bits per heavy atom. The highest BCUT2D eigenvalue weighted by atomic mass is 35.5. The van der Waals surface area contributed by atoms with Crippen molar-refractivity contribution < 1.29 is 9.53 Å². The van der Waals surface area contributed by atoms with E-state index in [0.29, 0.717) is 0 Å². The van der Waals surface area contributed by atoms with Crippen molar-refractivity contribution in [2.24, 2.45) is 0 Å². The number of hydrogen-bond donors (Lipinski definition) is 0. The van der Waals surface area contributed by atoms with Crippen molar-refractivity contribution >= 4 is 29.2 Å². The summed E-state index contributed by atoms with van der Waals surface area (Å²) in [6, 6.07) is 0. The third-order valence-corrected chi connectivity index (χ3v) is 1.10. The molecule has 4 heteroatoms. The van der Waals surface area contributed by atoms with Gasteiger partial charge in [-0.25, -0.2) is 4.79 Å². The van der Waals surface area contributed by atoms with Crippen molar-refractivity contribution in [3.8, 4) is 0 Å². The molecule has 0 radical (unpaired) electrons. The topological polar surface area (TPSA) is 26.3 Å². The number of allylic oxidation sites excluding steroid dienone is 2. The molecule has 0 atom stereocenters. The molecule has 0 fully saturated rings. The molecule has 0 heterocycles. The van der Waals surface area contributed by atoms with Gasteiger partial charge < -0.3 is 4.74 Å². The van der Waals surface area contributed by atoms with E-state index in [1.807, 2.05) is 0 Å². The van der Waals surface area contributed by atoms with Crippen LogP contribution in [0.2, 0.25) is 0 Å². The number of hydrogen-bond acceptors (Lipinski definition) is 2. The molecular formula is C8H8Cl2O2. The summed E-state index contributed by atoms with van der Waals surface area (Å²) in [6.45, 7) is 8.23. The van der Waals surface area contributed by atoms with E-state index >= 15 is 0 Å². The maximum atomic E-state index is 10.8. The van der Waals surface area contributed by atoms with Gasteiger partial charge in [0.2, 0.25) is 0 Å².